The highest BCUT2D eigenvalue weighted by Gasteiger charge is 2.28. The predicted molar refractivity (Wildman–Crippen MR) is 91.3 cm³/mol. The number of nitrogens with zero attached hydrogens (tertiary/aromatic N) is 1. The Balaban J connectivity index is 1.72. The molecule has 1 heterocycles. The number of aromatic nitrogens is 1. The molecule has 0 spiro atoms. The maximum absolute atomic E-state index is 12.3. The van der Waals surface area contributed by atoms with Crippen molar-refractivity contribution in [3.8, 4) is 11.5 Å². The number of carbonyl (C=O) groups is 1. The van der Waals surface area contributed by atoms with E-state index in [4.69, 9.17) is 4.42 Å². The van der Waals surface area contributed by atoms with E-state index in [1.54, 1.807) is 6.92 Å². The summed E-state index contributed by atoms with van der Waals surface area (Å²) in [7, 11) is -3.52. The van der Waals surface area contributed by atoms with Crippen molar-refractivity contribution in [2.75, 3.05) is 5.75 Å². The van der Waals surface area contributed by atoms with E-state index in [1.165, 1.54) is 0 Å². The fraction of sp³-hybridized carbons (Fsp3) is 0.444. The zero-order valence-electron chi connectivity index (χ0n) is 13.9. The van der Waals surface area contributed by atoms with Crippen LogP contribution >= 0.6 is 0 Å². The summed E-state index contributed by atoms with van der Waals surface area (Å²) in [5.74, 6) is 0.415. The molecule has 2 aromatic rings. The van der Waals surface area contributed by atoms with Crippen molar-refractivity contribution >= 4 is 15.6 Å². The Bertz CT molecular complexity index is 846. The molecular formula is C18H21NO4S. The van der Waals surface area contributed by atoms with Gasteiger partial charge in [-0.05, 0) is 44.7 Å². The summed E-state index contributed by atoms with van der Waals surface area (Å²) in [6, 6.07) is 7.67. The van der Waals surface area contributed by atoms with E-state index in [-0.39, 0.29) is 11.5 Å². The molecule has 0 aliphatic heterocycles. The zero-order valence-corrected chi connectivity index (χ0v) is 14.7. The first-order valence-corrected chi connectivity index (χ1v) is 9.90. The van der Waals surface area contributed by atoms with E-state index in [0.717, 1.165) is 24.0 Å². The van der Waals surface area contributed by atoms with E-state index >= 15 is 0 Å². The lowest BCUT2D eigenvalue weighted by atomic mass is 10.1. The quantitative estimate of drug-likeness (QED) is 0.768. The molecular weight excluding hydrogens is 326 g/mol. The second-order valence-corrected chi connectivity index (χ2v) is 8.67. The topological polar surface area (TPSA) is 77.2 Å². The molecule has 1 fully saturated rings. The normalized spacial score (nSPS) is 14.8. The van der Waals surface area contributed by atoms with Gasteiger partial charge >= 0.3 is 0 Å². The van der Waals surface area contributed by atoms with Crippen LogP contribution in [0.15, 0.2) is 28.7 Å². The molecule has 128 valence electrons. The first-order valence-electron chi connectivity index (χ1n) is 8.08. The van der Waals surface area contributed by atoms with Gasteiger partial charge in [0.2, 0.25) is 5.89 Å². The Morgan fingerprint density at radius 2 is 1.88 bits per heavy atom. The fourth-order valence-electron chi connectivity index (χ4n) is 2.59. The predicted octanol–water partition coefficient (Wildman–Crippen LogP) is 3.24. The van der Waals surface area contributed by atoms with Gasteiger partial charge in [-0.2, -0.15) is 0 Å². The Kier molecular flexibility index (Phi) is 4.58. The Morgan fingerprint density at radius 1 is 1.21 bits per heavy atom. The number of sulfone groups is 1. The summed E-state index contributed by atoms with van der Waals surface area (Å²) >= 11 is 0. The molecule has 1 aliphatic carbocycles. The Labute approximate surface area is 142 Å². The first kappa shape index (κ1) is 16.9. The van der Waals surface area contributed by atoms with Gasteiger partial charge in [-0.1, -0.05) is 17.7 Å². The van der Waals surface area contributed by atoms with Crippen LogP contribution in [0.4, 0.5) is 0 Å². The van der Waals surface area contributed by atoms with Crippen LogP contribution in [-0.4, -0.2) is 24.9 Å². The number of ketones is 1. The maximum atomic E-state index is 12.3. The van der Waals surface area contributed by atoms with Gasteiger partial charge in [-0.3, -0.25) is 4.79 Å². The van der Waals surface area contributed by atoms with E-state index in [9.17, 15) is 13.2 Å². The van der Waals surface area contributed by atoms with Crippen molar-refractivity contribution in [2.24, 2.45) is 5.92 Å². The van der Waals surface area contributed by atoms with E-state index < -0.39 is 15.6 Å². The van der Waals surface area contributed by atoms with Gasteiger partial charge in [-0.25, -0.2) is 13.4 Å². The average Bonchev–Trinajstić information content (AvgIpc) is 3.22. The van der Waals surface area contributed by atoms with Crippen LogP contribution in [0.3, 0.4) is 0 Å². The van der Waals surface area contributed by atoms with Crippen LogP contribution in [0.5, 0.6) is 0 Å². The van der Waals surface area contributed by atoms with Crippen molar-refractivity contribution in [3.05, 3.63) is 41.3 Å². The number of hydrogen-bond acceptors (Lipinski definition) is 5. The number of rotatable bonds is 7. The van der Waals surface area contributed by atoms with Gasteiger partial charge in [0.15, 0.2) is 9.84 Å². The third kappa shape index (κ3) is 4.32. The minimum absolute atomic E-state index is 0.197. The van der Waals surface area contributed by atoms with Gasteiger partial charge in [-0.15, -0.1) is 0 Å². The highest BCUT2D eigenvalue weighted by Crippen LogP contribution is 2.32. The zero-order chi connectivity index (χ0) is 17.3. The molecule has 24 heavy (non-hydrogen) atoms. The summed E-state index contributed by atoms with van der Waals surface area (Å²) in [5, 5.41) is 0. The molecule has 0 atom stereocenters. The highest BCUT2D eigenvalue weighted by atomic mass is 32.2. The molecule has 1 aromatic carbocycles. The molecule has 0 N–H and O–H groups in total. The third-order valence-corrected chi connectivity index (χ3v) is 5.62. The minimum atomic E-state index is -3.52. The van der Waals surface area contributed by atoms with E-state index in [0.29, 0.717) is 29.7 Å². The monoisotopic (exact) mass is 347 g/mol. The van der Waals surface area contributed by atoms with Crippen LogP contribution < -0.4 is 0 Å². The number of carbonyl (C=O) groups excluding carboxylic acids is 1. The highest BCUT2D eigenvalue weighted by molar-refractivity contribution is 7.91. The van der Waals surface area contributed by atoms with E-state index in [2.05, 4.69) is 4.98 Å². The molecule has 0 bridgehead atoms. The molecule has 0 unspecified atom stereocenters. The third-order valence-electron chi connectivity index (χ3n) is 4.14. The standard InChI is InChI=1S/C18H21NO4S/c1-12-3-7-15(8-4-12)18-19-17(13(2)23-18)11-24(21,22)10-16(20)9-14-5-6-14/h3-4,7-8,14H,5-6,9-11H2,1-2H3. The lowest BCUT2D eigenvalue weighted by Crippen LogP contribution is -2.18. The number of hydrogen-bond donors (Lipinski definition) is 0. The summed E-state index contributed by atoms with van der Waals surface area (Å²) < 4.78 is 30.1. The number of oxazole rings is 1. The second kappa shape index (κ2) is 6.51. The van der Waals surface area contributed by atoms with Crippen molar-refractivity contribution in [2.45, 2.75) is 38.9 Å². The molecule has 1 saturated carbocycles. The van der Waals surface area contributed by atoms with Crippen LogP contribution in [-0.2, 0) is 20.4 Å². The smallest absolute Gasteiger partial charge is 0.226 e. The maximum Gasteiger partial charge on any atom is 0.226 e. The summed E-state index contributed by atoms with van der Waals surface area (Å²) in [5.41, 5.74) is 2.31. The van der Waals surface area contributed by atoms with Gasteiger partial charge in [0.05, 0.1) is 11.4 Å². The molecule has 3 rings (SSSR count). The van der Waals surface area contributed by atoms with Crippen molar-refractivity contribution in [3.63, 3.8) is 0 Å². The van der Waals surface area contributed by atoms with Gasteiger partial charge < -0.3 is 4.42 Å². The molecule has 6 heteroatoms. The SMILES string of the molecule is Cc1ccc(-c2nc(CS(=O)(=O)CC(=O)CC3CC3)c(C)o2)cc1. The number of Topliss-reactive ketones (excluding diaryl/α,β-unsaturated/α-hetero) is 1. The summed E-state index contributed by atoms with van der Waals surface area (Å²) in [6.45, 7) is 3.68. The van der Waals surface area contributed by atoms with Crippen LogP contribution in [0, 0.1) is 19.8 Å². The van der Waals surface area contributed by atoms with Crippen LogP contribution in [0.2, 0.25) is 0 Å². The lowest BCUT2D eigenvalue weighted by Gasteiger charge is -2.02. The second-order valence-electron chi connectivity index (χ2n) is 6.61. The molecule has 1 aliphatic rings. The Hall–Kier alpha value is -1.95. The lowest BCUT2D eigenvalue weighted by molar-refractivity contribution is -0.117. The van der Waals surface area contributed by atoms with Crippen molar-refractivity contribution < 1.29 is 17.6 Å². The summed E-state index contributed by atoms with van der Waals surface area (Å²) in [6.07, 6.45) is 2.45. The van der Waals surface area contributed by atoms with Gasteiger partial charge in [0.25, 0.3) is 0 Å². The van der Waals surface area contributed by atoms with Crippen LogP contribution in [0.25, 0.3) is 11.5 Å². The molecule has 1 aromatic heterocycles. The largest absolute Gasteiger partial charge is 0.441 e. The fourth-order valence-corrected chi connectivity index (χ4v) is 3.98. The van der Waals surface area contributed by atoms with Gasteiger partial charge in [0, 0.05) is 12.0 Å². The van der Waals surface area contributed by atoms with Crippen molar-refractivity contribution in [1.29, 1.82) is 0 Å². The summed E-state index contributed by atoms with van der Waals surface area (Å²) in [4.78, 5) is 16.1. The Morgan fingerprint density at radius 3 is 2.50 bits per heavy atom. The van der Waals surface area contributed by atoms with Crippen LogP contribution in [0.1, 0.15) is 36.3 Å². The molecule has 0 saturated heterocycles. The number of aryl methyl sites for hydroxylation is 2. The number of benzene rings is 1. The molecule has 0 radical (unpaired) electrons. The van der Waals surface area contributed by atoms with Crippen molar-refractivity contribution in [1.82, 2.24) is 4.98 Å². The van der Waals surface area contributed by atoms with E-state index in [1.807, 2.05) is 31.2 Å². The minimum Gasteiger partial charge on any atom is -0.441 e. The molecule has 0 amide bonds. The molecule has 5 nitrogen and oxygen atoms in total. The average molecular weight is 347 g/mol. The van der Waals surface area contributed by atoms with Gasteiger partial charge in [0.1, 0.15) is 17.3 Å². The first-order chi connectivity index (χ1) is 11.3.